The van der Waals surface area contributed by atoms with Crippen LogP contribution in [0.3, 0.4) is 0 Å². The van der Waals surface area contributed by atoms with Gasteiger partial charge in [0.15, 0.2) is 12.4 Å². The fourth-order valence-corrected chi connectivity index (χ4v) is 2.67. The van der Waals surface area contributed by atoms with Crippen LogP contribution in [0.5, 0.6) is 11.5 Å². The van der Waals surface area contributed by atoms with Crippen LogP contribution in [0.2, 0.25) is 0 Å². The molecule has 7 nitrogen and oxygen atoms in total. The number of methoxy groups -OCH3 is 2. The van der Waals surface area contributed by atoms with Gasteiger partial charge in [0.1, 0.15) is 11.5 Å². The summed E-state index contributed by atoms with van der Waals surface area (Å²) in [5.74, 6) is 1.07. The number of hydrogen-bond donors (Lipinski definition) is 1. The van der Waals surface area contributed by atoms with E-state index < -0.39 is 0 Å². The van der Waals surface area contributed by atoms with Crippen molar-refractivity contribution >= 4 is 17.9 Å². The van der Waals surface area contributed by atoms with E-state index >= 15 is 0 Å². The Morgan fingerprint density at radius 3 is 2.00 bits per heavy atom. The van der Waals surface area contributed by atoms with Crippen LogP contribution in [0.1, 0.15) is 26.3 Å². The Morgan fingerprint density at radius 2 is 1.43 bits per heavy atom. The molecular weight excluding hydrogens is 382 g/mol. The summed E-state index contributed by atoms with van der Waals surface area (Å²) in [6.07, 6.45) is 4.92. The van der Waals surface area contributed by atoms with Crippen molar-refractivity contribution < 1.29 is 23.6 Å². The lowest BCUT2D eigenvalue weighted by Gasteiger charge is -2.02. The van der Waals surface area contributed by atoms with Gasteiger partial charge in [-0.2, -0.15) is 9.67 Å². The van der Waals surface area contributed by atoms with E-state index in [9.17, 15) is 9.59 Å². The Kier molecular flexibility index (Phi) is 6.89. The Labute approximate surface area is 174 Å². The maximum atomic E-state index is 12.4. The molecule has 0 spiro atoms. The van der Waals surface area contributed by atoms with E-state index in [4.69, 9.17) is 9.47 Å². The molecule has 152 valence electrons. The monoisotopic (exact) mass is 404 g/mol. The van der Waals surface area contributed by atoms with E-state index in [2.05, 4.69) is 10.5 Å². The zero-order chi connectivity index (χ0) is 21.3. The molecular formula is C23H22N3O4+. The number of ether oxygens (including phenoxy) is 2. The molecule has 1 heterocycles. The van der Waals surface area contributed by atoms with Crippen LogP contribution in [0.25, 0.3) is 0 Å². The quantitative estimate of drug-likeness (QED) is 0.271. The van der Waals surface area contributed by atoms with Crippen molar-refractivity contribution in [1.82, 2.24) is 5.43 Å². The molecule has 0 unspecified atom stereocenters. The van der Waals surface area contributed by atoms with Crippen LogP contribution in [0.4, 0.5) is 0 Å². The number of hydrogen-bond acceptors (Lipinski definition) is 5. The van der Waals surface area contributed by atoms with Crippen LogP contribution in [0.15, 0.2) is 78.2 Å². The zero-order valence-electron chi connectivity index (χ0n) is 16.7. The third kappa shape index (κ3) is 5.51. The molecule has 0 saturated heterocycles. The second-order valence-corrected chi connectivity index (χ2v) is 6.38. The molecule has 0 bridgehead atoms. The first-order valence-corrected chi connectivity index (χ1v) is 9.23. The molecule has 1 N–H and O–H groups in total. The van der Waals surface area contributed by atoms with Gasteiger partial charge in [-0.05, 0) is 54.1 Å². The highest BCUT2D eigenvalue weighted by atomic mass is 16.5. The fraction of sp³-hybridized carbons (Fsp3) is 0.130. The number of rotatable bonds is 8. The fourth-order valence-electron chi connectivity index (χ4n) is 2.67. The lowest BCUT2D eigenvalue weighted by atomic mass is 10.1. The molecule has 1 aromatic heterocycles. The number of hydrazone groups is 1. The van der Waals surface area contributed by atoms with Gasteiger partial charge < -0.3 is 9.47 Å². The average molecular weight is 404 g/mol. The summed E-state index contributed by atoms with van der Waals surface area (Å²) >= 11 is 0. The first-order chi connectivity index (χ1) is 14.6. The normalized spacial score (nSPS) is 10.6. The summed E-state index contributed by atoms with van der Waals surface area (Å²) in [6.45, 7) is 0.170. The highest BCUT2D eigenvalue weighted by Gasteiger charge is 2.13. The first kappa shape index (κ1) is 20.7. The van der Waals surface area contributed by atoms with Crippen molar-refractivity contribution in [2.24, 2.45) is 5.10 Å². The Morgan fingerprint density at radius 1 is 0.867 bits per heavy atom. The maximum absolute atomic E-state index is 12.4. The number of Topliss-reactive ketones (excluding diaryl/α,β-unsaturated/α-hetero) is 1. The molecule has 0 saturated carbocycles. The van der Waals surface area contributed by atoms with Gasteiger partial charge in [0.25, 0.3) is 5.91 Å². The minimum Gasteiger partial charge on any atom is -0.497 e. The molecule has 7 heteroatoms. The van der Waals surface area contributed by atoms with Gasteiger partial charge in [0.2, 0.25) is 12.3 Å². The molecule has 0 atom stereocenters. The second-order valence-electron chi connectivity index (χ2n) is 6.38. The molecule has 2 aromatic carbocycles. The summed E-state index contributed by atoms with van der Waals surface area (Å²) in [7, 11) is 3.18. The van der Waals surface area contributed by atoms with E-state index in [1.165, 1.54) is 0 Å². The van der Waals surface area contributed by atoms with Crippen molar-refractivity contribution in [1.29, 1.82) is 0 Å². The molecule has 0 fully saturated rings. The van der Waals surface area contributed by atoms with E-state index in [1.54, 1.807) is 73.8 Å². The second kappa shape index (κ2) is 9.97. The van der Waals surface area contributed by atoms with E-state index in [0.717, 1.165) is 11.3 Å². The minimum atomic E-state index is -0.339. The summed E-state index contributed by atoms with van der Waals surface area (Å²) in [4.78, 5) is 24.6. The van der Waals surface area contributed by atoms with Gasteiger partial charge in [-0.15, -0.1) is 0 Å². The molecule has 0 aliphatic heterocycles. The van der Waals surface area contributed by atoms with Crippen molar-refractivity contribution in [3.8, 4) is 11.5 Å². The lowest BCUT2D eigenvalue weighted by molar-refractivity contribution is -0.683. The number of carbonyl (C=O) groups excluding carboxylic acids is 2. The number of amides is 1. The van der Waals surface area contributed by atoms with Crippen molar-refractivity contribution in [3.05, 3.63) is 89.7 Å². The van der Waals surface area contributed by atoms with Crippen LogP contribution in [-0.2, 0) is 6.54 Å². The van der Waals surface area contributed by atoms with Gasteiger partial charge in [0, 0.05) is 17.7 Å². The van der Waals surface area contributed by atoms with Gasteiger partial charge in [-0.1, -0.05) is 0 Å². The number of ketones is 1. The third-order valence-corrected chi connectivity index (χ3v) is 4.39. The van der Waals surface area contributed by atoms with Gasteiger partial charge in [-0.3, -0.25) is 9.59 Å². The van der Waals surface area contributed by atoms with E-state index in [-0.39, 0.29) is 18.2 Å². The Balaban J connectivity index is 1.55. The first-order valence-electron chi connectivity index (χ1n) is 9.23. The SMILES string of the molecule is COc1ccc(C=NNC(=O)c2cc[n+](CC(=O)c3ccc(OC)cc3)cc2)cc1. The predicted octanol–water partition coefficient (Wildman–Crippen LogP) is 2.64. The zero-order valence-corrected chi connectivity index (χ0v) is 16.7. The van der Waals surface area contributed by atoms with Crippen molar-refractivity contribution in [3.63, 3.8) is 0 Å². The van der Waals surface area contributed by atoms with Crippen LogP contribution >= 0.6 is 0 Å². The highest BCUT2D eigenvalue weighted by molar-refractivity contribution is 5.95. The van der Waals surface area contributed by atoms with Crippen molar-refractivity contribution in [2.75, 3.05) is 14.2 Å². The largest absolute Gasteiger partial charge is 0.497 e. The Bertz CT molecular complexity index is 1030. The molecule has 0 aliphatic carbocycles. The minimum absolute atomic E-state index is 0.0380. The maximum Gasteiger partial charge on any atom is 0.271 e. The van der Waals surface area contributed by atoms with Crippen LogP contribution < -0.4 is 19.5 Å². The van der Waals surface area contributed by atoms with Gasteiger partial charge >= 0.3 is 0 Å². The number of aromatic nitrogens is 1. The molecule has 0 aliphatic rings. The molecule has 3 rings (SSSR count). The standard InChI is InChI=1S/C23H21N3O4/c1-29-20-7-3-17(4-8-20)15-24-25-23(28)19-11-13-26(14-12-19)16-22(27)18-5-9-21(30-2)10-6-18/h3-15H,16H2,1-2H3/p+1. The van der Waals surface area contributed by atoms with Crippen LogP contribution in [-0.4, -0.2) is 32.1 Å². The summed E-state index contributed by atoms with van der Waals surface area (Å²) in [5, 5.41) is 3.96. The smallest absolute Gasteiger partial charge is 0.271 e. The van der Waals surface area contributed by atoms with E-state index in [0.29, 0.717) is 16.9 Å². The number of nitrogens with zero attached hydrogens (tertiary/aromatic N) is 2. The van der Waals surface area contributed by atoms with Crippen LogP contribution in [0, 0.1) is 0 Å². The molecule has 3 aromatic rings. The van der Waals surface area contributed by atoms with E-state index in [1.807, 2.05) is 24.3 Å². The predicted molar refractivity (Wildman–Crippen MR) is 112 cm³/mol. The number of pyridine rings is 1. The highest BCUT2D eigenvalue weighted by Crippen LogP contribution is 2.12. The van der Waals surface area contributed by atoms with Gasteiger partial charge in [0.05, 0.1) is 26.0 Å². The molecule has 30 heavy (non-hydrogen) atoms. The molecule has 0 radical (unpaired) electrons. The number of benzene rings is 2. The molecule has 1 amide bonds. The topological polar surface area (TPSA) is 80.9 Å². The summed E-state index contributed by atoms with van der Waals surface area (Å²) in [5.41, 5.74) is 4.35. The Hall–Kier alpha value is -4.00. The summed E-state index contributed by atoms with van der Waals surface area (Å²) in [6, 6.07) is 17.5. The third-order valence-electron chi connectivity index (χ3n) is 4.39. The van der Waals surface area contributed by atoms with Crippen molar-refractivity contribution in [2.45, 2.75) is 6.54 Å². The average Bonchev–Trinajstić information content (AvgIpc) is 2.80. The lowest BCUT2D eigenvalue weighted by Crippen LogP contribution is -2.37. The number of nitrogens with one attached hydrogen (secondary N) is 1. The summed E-state index contributed by atoms with van der Waals surface area (Å²) < 4.78 is 11.9. The van der Waals surface area contributed by atoms with Gasteiger partial charge in [-0.25, -0.2) is 5.43 Å². The number of carbonyl (C=O) groups is 2.